The number of aromatic amines is 1. The molecule has 1 aromatic carbocycles. The third-order valence-corrected chi connectivity index (χ3v) is 3.53. The average Bonchev–Trinajstić information content (AvgIpc) is 3.03. The van der Waals surface area contributed by atoms with E-state index in [2.05, 4.69) is 25.6 Å². The zero-order chi connectivity index (χ0) is 16.4. The van der Waals surface area contributed by atoms with Gasteiger partial charge in [0.05, 0.1) is 22.2 Å². The average molecular weight is 340 g/mol. The Labute approximate surface area is 133 Å². The summed E-state index contributed by atoms with van der Waals surface area (Å²) in [6.45, 7) is 0. The zero-order valence-corrected chi connectivity index (χ0v) is 12.2. The number of pyridine rings is 1. The summed E-state index contributed by atoms with van der Waals surface area (Å²) in [6, 6.07) is 9.83. The van der Waals surface area contributed by atoms with E-state index in [1.807, 2.05) is 6.07 Å². The van der Waals surface area contributed by atoms with E-state index >= 15 is 0 Å². The van der Waals surface area contributed by atoms with E-state index in [1.54, 1.807) is 24.3 Å². The molecule has 0 bridgehead atoms. The van der Waals surface area contributed by atoms with Gasteiger partial charge in [-0.05, 0) is 11.6 Å². The molecule has 2 aromatic heterocycles. The third-order valence-electron chi connectivity index (χ3n) is 3.22. The molecule has 9 heteroatoms. The number of H-pyrrole nitrogens is 1. The van der Waals surface area contributed by atoms with Crippen LogP contribution in [0.15, 0.2) is 42.6 Å². The first kappa shape index (κ1) is 15.4. The van der Waals surface area contributed by atoms with E-state index in [0.717, 1.165) is 17.8 Å². The lowest BCUT2D eigenvalue weighted by Crippen LogP contribution is -2.11. The molecule has 0 aliphatic carbocycles. The van der Waals surface area contributed by atoms with Crippen LogP contribution in [-0.2, 0) is 6.18 Å². The Morgan fingerprint density at radius 3 is 2.43 bits per heavy atom. The van der Waals surface area contributed by atoms with Crippen molar-refractivity contribution in [1.82, 2.24) is 25.6 Å². The van der Waals surface area contributed by atoms with Crippen molar-refractivity contribution in [2.24, 2.45) is 0 Å². The molecule has 3 aromatic rings. The van der Waals surface area contributed by atoms with Gasteiger partial charge in [-0.25, -0.2) is 0 Å². The van der Waals surface area contributed by atoms with Crippen molar-refractivity contribution in [1.29, 1.82) is 0 Å². The first-order chi connectivity index (χ1) is 11.0. The molecule has 0 amide bonds. The van der Waals surface area contributed by atoms with Crippen molar-refractivity contribution < 1.29 is 13.2 Å². The minimum atomic E-state index is -4.51. The number of rotatable bonds is 3. The standard InChI is InChI=1S/C14H9ClF3N5/c15-10-6-9(14(16,17)18)7-19-12(10)11(13-20-22-23-21-13)8-4-2-1-3-5-8/h1-7,11H,(H,20,21,22,23)/t11-/m0/s1. The minimum Gasteiger partial charge on any atom is -0.258 e. The number of hydrogen-bond donors (Lipinski definition) is 1. The van der Waals surface area contributed by atoms with Gasteiger partial charge in [0.1, 0.15) is 0 Å². The first-order valence-electron chi connectivity index (χ1n) is 6.47. The number of halogens is 4. The van der Waals surface area contributed by atoms with Crippen molar-refractivity contribution in [3.8, 4) is 0 Å². The number of alkyl halides is 3. The van der Waals surface area contributed by atoms with E-state index in [9.17, 15) is 13.2 Å². The van der Waals surface area contributed by atoms with Gasteiger partial charge in [-0.1, -0.05) is 47.1 Å². The van der Waals surface area contributed by atoms with Crippen LogP contribution in [0.25, 0.3) is 0 Å². The summed E-state index contributed by atoms with van der Waals surface area (Å²) in [5.74, 6) is -0.352. The van der Waals surface area contributed by atoms with E-state index in [1.165, 1.54) is 0 Å². The van der Waals surface area contributed by atoms with E-state index in [-0.39, 0.29) is 16.5 Å². The van der Waals surface area contributed by atoms with Crippen LogP contribution in [0, 0.1) is 0 Å². The maximum absolute atomic E-state index is 12.8. The number of aromatic nitrogens is 5. The van der Waals surface area contributed by atoms with Gasteiger partial charge in [-0.3, -0.25) is 4.98 Å². The normalized spacial score (nSPS) is 13.0. The summed E-state index contributed by atoms with van der Waals surface area (Å²) in [5, 5.41) is 13.5. The lowest BCUT2D eigenvalue weighted by Gasteiger charge is -2.16. The Balaban J connectivity index is 2.12. The molecule has 0 saturated carbocycles. The van der Waals surface area contributed by atoms with Crippen LogP contribution in [0.3, 0.4) is 0 Å². The second-order valence-corrected chi connectivity index (χ2v) is 5.11. The van der Waals surface area contributed by atoms with Crippen LogP contribution in [-0.4, -0.2) is 25.6 Å². The topological polar surface area (TPSA) is 67.3 Å². The summed E-state index contributed by atoms with van der Waals surface area (Å²) < 4.78 is 38.3. The third kappa shape index (κ3) is 3.16. The Morgan fingerprint density at radius 1 is 1.13 bits per heavy atom. The summed E-state index contributed by atoms with van der Waals surface area (Å²) in [7, 11) is 0. The van der Waals surface area contributed by atoms with E-state index in [4.69, 9.17) is 11.6 Å². The molecule has 5 nitrogen and oxygen atoms in total. The number of hydrogen-bond acceptors (Lipinski definition) is 4. The van der Waals surface area contributed by atoms with Gasteiger partial charge < -0.3 is 0 Å². The zero-order valence-electron chi connectivity index (χ0n) is 11.4. The Bertz CT molecular complexity index is 790. The van der Waals surface area contributed by atoms with Crippen LogP contribution in [0.1, 0.15) is 28.6 Å². The second kappa shape index (κ2) is 5.96. The van der Waals surface area contributed by atoms with Gasteiger partial charge in [0.25, 0.3) is 0 Å². The van der Waals surface area contributed by atoms with Gasteiger partial charge in [0, 0.05) is 6.20 Å². The van der Waals surface area contributed by atoms with Crippen LogP contribution >= 0.6 is 11.6 Å². The highest BCUT2D eigenvalue weighted by Crippen LogP contribution is 2.36. The summed E-state index contributed by atoms with van der Waals surface area (Å²) >= 11 is 6.05. The smallest absolute Gasteiger partial charge is 0.258 e. The monoisotopic (exact) mass is 339 g/mol. The predicted octanol–water partition coefficient (Wildman–Crippen LogP) is 3.45. The molecular formula is C14H9ClF3N5. The lowest BCUT2D eigenvalue weighted by molar-refractivity contribution is -0.137. The summed E-state index contributed by atoms with van der Waals surface area (Å²) in [4.78, 5) is 3.90. The summed E-state index contributed by atoms with van der Waals surface area (Å²) in [5.41, 5.74) is 0.0569. The van der Waals surface area contributed by atoms with Crippen LogP contribution < -0.4 is 0 Å². The molecule has 0 saturated heterocycles. The maximum atomic E-state index is 12.8. The number of nitrogens with one attached hydrogen (secondary N) is 1. The minimum absolute atomic E-state index is 0.113. The van der Waals surface area contributed by atoms with Gasteiger partial charge >= 0.3 is 6.18 Å². The Hall–Kier alpha value is -2.48. The summed E-state index contributed by atoms with van der Waals surface area (Å²) in [6.07, 6.45) is -3.76. The lowest BCUT2D eigenvalue weighted by atomic mass is 9.94. The molecule has 1 N–H and O–H groups in total. The highest BCUT2D eigenvalue weighted by Gasteiger charge is 2.33. The molecule has 0 aliphatic rings. The SMILES string of the molecule is FC(F)(F)c1cnc([C@H](c2ccccc2)c2nn[nH]n2)c(Cl)c1. The van der Waals surface area contributed by atoms with Crippen LogP contribution in [0.2, 0.25) is 5.02 Å². The predicted molar refractivity (Wildman–Crippen MR) is 75.8 cm³/mol. The van der Waals surface area contributed by atoms with Crippen molar-refractivity contribution in [2.45, 2.75) is 12.1 Å². The molecule has 0 fully saturated rings. The van der Waals surface area contributed by atoms with Gasteiger partial charge in [0.15, 0.2) is 5.82 Å². The number of tetrazole rings is 1. The number of nitrogens with zero attached hydrogens (tertiary/aromatic N) is 4. The molecule has 1 atom stereocenters. The fourth-order valence-electron chi connectivity index (χ4n) is 2.18. The quantitative estimate of drug-likeness (QED) is 0.793. The van der Waals surface area contributed by atoms with Gasteiger partial charge in [-0.2, -0.15) is 18.4 Å². The molecule has 118 valence electrons. The van der Waals surface area contributed by atoms with Crippen molar-refractivity contribution in [3.63, 3.8) is 0 Å². The Kier molecular flexibility index (Phi) is 3.99. The highest BCUT2D eigenvalue weighted by molar-refractivity contribution is 6.31. The molecule has 0 unspecified atom stereocenters. The van der Waals surface area contributed by atoms with Gasteiger partial charge in [-0.15, -0.1) is 10.2 Å². The molecule has 0 spiro atoms. The number of benzene rings is 1. The molecule has 0 aliphatic heterocycles. The van der Waals surface area contributed by atoms with E-state index in [0.29, 0.717) is 0 Å². The highest BCUT2D eigenvalue weighted by atomic mass is 35.5. The van der Waals surface area contributed by atoms with Crippen molar-refractivity contribution >= 4 is 11.6 Å². The first-order valence-corrected chi connectivity index (χ1v) is 6.85. The maximum Gasteiger partial charge on any atom is 0.417 e. The Morgan fingerprint density at radius 2 is 1.87 bits per heavy atom. The van der Waals surface area contributed by atoms with Crippen LogP contribution in [0.5, 0.6) is 0 Å². The van der Waals surface area contributed by atoms with E-state index < -0.39 is 17.7 Å². The molecule has 0 radical (unpaired) electrons. The van der Waals surface area contributed by atoms with Gasteiger partial charge in [0.2, 0.25) is 0 Å². The molecule has 3 rings (SSSR count). The molecule has 23 heavy (non-hydrogen) atoms. The van der Waals surface area contributed by atoms with Crippen LogP contribution in [0.4, 0.5) is 13.2 Å². The second-order valence-electron chi connectivity index (χ2n) is 4.70. The fraction of sp³-hybridized carbons (Fsp3) is 0.143. The molecular weight excluding hydrogens is 331 g/mol. The fourth-order valence-corrected chi connectivity index (χ4v) is 2.46. The molecule has 2 heterocycles. The largest absolute Gasteiger partial charge is 0.417 e. The van der Waals surface area contributed by atoms with Crippen molar-refractivity contribution in [3.05, 3.63) is 70.3 Å². The van der Waals surface area contributed by atoms with Crippen molar-refractivity contribution in [2.75, 3.05) is 0 Å².